The van der Waals surface area contributed by atoms with Crippen molar-refractivity contribution in [2.45, 2.75) is 323 Å². The van der Waals surface area contributed by atoms with E-state index in [1.165, 1.54) is 5.56 Å². The van der Waals surface area contributed by atoms with E-state index in [2.05, 4.69) is 35.8 Å². The molecule has 0 bridgehead atoms. The molecular weight excluding hydrogens is 1880 g/mol. The predicted molar refractivity (Wildman–Crippen MR) is 520 cm³/mol. The summed E-state index contributed by atoms with van der Waals surface area (Å²) in [5.74, 6) is 0.142. The lowest BCUT2D eigenvalue weighted by Gasteiger charge is -2.44. The summed E-state index contributed by atoms with van der Waals surface area (Å²) >= 11 is 81.9. The Morgan fingerprint density at radius 3 is 0.920 bits per heavy atom. The van der Waals surface area contributed by atoms with Gasteiger partial charge in [-0.25, -0.2) is 9.59 Å². The summed E-state index contributed by atoms with van der Waals surface area (Å²) in [5, 5.41) is 83.1. The van der Waals surface area contributed by atoms with Crippen molar-refractivity contribution >= 4 is 180 Å². The average molecular weight is 2010 g/mol. The molecule has 6 aliphatic carbocycles. The number of benzene rings is 6. The Morgan fingerprint density at radius 2 is 0.640 bits per heavy atom. The number of hydrogen-bond acceptors (Lipinski definition) is 13. The minimum absolute atomic E-state index is 0. The molecule has 0 saturated heterocycles. The lowest BCUT2D eigenvalue weighted by Crippen LogP contribution is -2.49. The number of carbonyl (C=O) groups is 3. The van der Waals surface area contributed by atoms with Gasteiger partial charge >= 0.3 is 12.2 Å². The van der Waals surface area contributed by atoms with Crippen LogP contribution in [0, 0.1) is 22.7 Å². The van der Waals surface area contributed by atoms with Gasteiger partial charge in [0, 0.05) is 48.7 Å². The van der Waals surface area contributed by atoms with Gasteiger partial charge in [0.25, 0.3) is 0 Å². The quantitative estimate of drug-likeness (QED) is 0.0531. The summed E-state index contributed by atoms with van der Waals surface area (Å²) in [6, 6.07) is 37.7. The van der Waals surface area contributed by atoms with E-state index in [1.54, 1.807) is 55.5 Å². The van der Waals surface area contributed by atoms with Gasteiger partial charge in [-0.1, -0.05) is 190 Å². The fourth-order valence-electron chi connectivity index (χ4n) is 18.7. The zero-order chi connectivity index (χ0) is 93.1. The number of alkyl carbamates (subject to hydrolysis) is 2. The monoisotopic (exact) mass is 2000 g/mol. The lowest BCUT2D eigenvalue weighted by molar-refractivity contribution is -0.121. The Balaban J connectivity index is 0.000000266. The minimum atomic E-state index is -0.792. The number of ether oxygens (including phenoxy) is 2. The third-order valence-corrected chi connectivity index (χ3v) is 28.9. The number of nitrogens with two attached hydrogens (primary N) is 1. The molecule has 9 N–H and O–H groups in total. The molecule has 6 aromatic carbocycles. The molecule has 7 unspecified atom stereocenters. The van der Waals surface area contributed by atoms with Crippen LogP contribution in [0.1, 0.15) is 284 Å². The van der Waals surface area contributed by atoms with Crippen LogP contribution in [0.5, 0.6) is 0 Å². The Hall–Kier alpha value is -3.67. The number of Topliss-reactive ketones (excluding diaryl/α,β-unsaturated/α-hetero) is 1. The number of nitrogens with zero attached hydrogens (tertiary/aromatic N) is 2. The third kappa shape index (κ3) is 32.9. The second-order valence-corrected chi connectivity index (χ2v) is 43.6. The number of ketones is 1. The van der Waals surface area contributed by atoms with E-state index in [4.69, 9.17) is 178 Å². The molecule has 2 amide bonds. The van der Waals surface area contributed by atoms with E-state index in [-0.39, 0.29) is 35.8 Å². The van der Waals surface area contributed by atoms with Crippen LogP contribution in [-0.2, 0) is 46.8 Å². The molecule has 6 saturated carbocycles. The highest BCUT2D eigenvalue weighted by Crippen LogP contribution is 2.52. The number of carbonyl (C=O) groups excluding carboxylic acids is 3. The summed E-state index contributed by atoms with van der Waals surface area (Å²) in [6.45, 7) is 23.7. The smallest absolute Gasteiger partial charge is 0.407 e. The second-order valence-electron chi connectivity index (χ2n) is 37.9. The Labute approximate surface area is 812 Å². The molecule has 0 aliphatic heterocycles. The van der Waals surface area contributed by atoms with Gasteiger partial charge in [0.2, 0.25) is 0 Å². The molecule has 6 fully saturated rings. The van der Waals surface area contributed by atoms with Gasteiger partial charge in [-0.2, -0.15) is 10.5 Å². The number of amides is 2. The number of halogens is 14. The molecule has 125 heavy (non-hydrogen) atoms. The van der Waals surface area contributed by atoms with Crippen LogP contribution in [-0.4, -0.2) is 108 Å². The summed E-state index contributed by atoms with van der Waals surface area (Å²) in [5.41, 5.74) is 4.82. The Morgan fingerprint density at radius 1 is 0.392 bits per heavy atom. The summed E-state index contributed by atoms with van der Waals surface area (Å²) in [4.78, 5) is 35.8. The number of nitrogens with one attached hydrogen (secondary N) is 2. The van der Waals surface area contributed by atoms with Gasteiger partial charge in [0.15, 0.2) is 0 Å². The fraction of sp³-hybridized carbons (Fsp3) is 0.573. The lowest BCUT2D eigenvalue weighted by atomic mass is 9.63. The summed E-state index contributed by atoms with van der Waals surface area (Å²) in [7, 11) is 0. The van der Waals surface area contributed by atoms with Gasteiger partial charge in [-0.05, 0) is 335 Å². The maximum Gasteiger partial charge on any atom is 0.407 e. The maximum absolute atomic E-state index is 12.1. The number of nitriles is 2. The third-order valence-electron chi connectivity index (χ3n) is 24.4. The molecule has 6 aromatic rings. The van der Waals surface area contributed by atoms with E-state index in [1.807, 2.05) is 124 Å². The van der Waals surface area contributed by atoms with Crippen molar-refractivity contribution in [3.8, 4) is 12.1 Å². The van der Waals surface area contributed by atoms with Gasteiger partial charge < -0.3 is 51.4 Å². The van der Waals surface area contributed by atoms with Gasteiger partial charge in [-0.3, -0.25) is 4.79 Å². The molecule has 692 valence electrons. The molecule has 0 aromatic heterocycles. The largest absolute Gasteiger partial charge is 0.444 e. The van der Waals surface area contributed by atoms with E-state index < -0.39 is 73.1 Å². The Kier molecular flexibility index (Phi) is 42.3. The fourth-order valence-corrected chi connectivity index (χ4v) is 20.4. The van der Waals surface area contributed by atoms with Gasteiger partial charge in [-0.15, -0.1) is 23.2 Å². The second kappa shape index (κ2) is 47.3. The van der Waals surface area contributed by atoms with Gasteiger partial charge in [0.1, 0.15) is 17.0 Å². The normalized spacial score (nSPS) is 28.2. The van der Waals surface area contributed by atoms with Crippen molar-refractivity contribution in [1.29, 1.82) is 10.5 Å². The van der Waals surface area contributed by atoms with Crippen LogP contribution in [0.2, 0.25) is 60.3 Å². The highest BCUT2D eigenvalue weighted by atomic mass is 35.5. The van der Waals surface area contributed by atoms with Crippen molar-refractivity contribution in [2.75, 3.05) is 25.0 Å². The van der Waals surface area contributed by atoms with E-state index in [9.17, 15) is 50.4 Å². The van der Waals surface area contributed by atoms with Crippen molar-refractivity contribution in [3.05, 3.63) is 203 Å². The van der Waals surface area contributed by atoms with Crippen molar-refractivity contribution in [3.63, 3.8) is 0 Å². The topological polar surface area (TPSA) is 268 Å². The van der Waals surface area contributed by atoms with E-state index in [0.29, 0.717) is 118 Å². The van der Waals surface area contributed by atoms with E-state index in [0.717, 1.165) is 143 Å². The molecule has 0 spiro atoms. The average Bonchev–Trinajstić information content (AvgIpc) is 0.779. The summed E-state index contributed by atoms with van der Waals surface area (Å²) in [6.07, 6.45) is 18.4. The van der Waals surface area contributed by atoms with Crippen molar-refractivity contribution < 1.29 is 49.4 Å². The molecule has 11 atom stereocenters. The number of hydrogen-bond donors (Lipinski definition) is 8. The number of rotatable bonds is 12. The highest BCUT2D eigenvalue weighted by molar-refractivity contribution is 6.44. The molecule has 6 aliphatic rings. The van der Waals surface area contributed by atoms with Crippen molar-refractivity contribution in [1.82, 2.24) is 10.6 Å². The Bertz CT molecular complexity index is 4500. The van der Waals surface area contributed by atoms with Crippen LogP contribution in [0.15, 0.2) is 109 Å². The van der Waals surface area contributed by atoms with Gasteiger partial charge in [0.05, 0.1) is 117 Å². The van der Waals surface area contributed by atoms with E-state index >= 15 is 0 Å². The van der Waals surface area contributed by atoms with Crippen LogP contribution in [0.3, 0.4) is 0 Å². The molecule has 15 nitrogen and oxygen atoms in total. The predicted octanol–water partition coefficient (Wildman–Crippen LogP) is 28.7. The van der Waals surface area contributed by atoms with Crippen LogP contribution >= 0.6 is 162 Å². The molecule has 29 heteroatoms. The zero-order valence-corrected chi connectivity index (χ0v) is 83.5. The molecule has 0 heterocycles. The maximum atomic E-state index is 12.1. The first-order valence-corrected chi connectivity index (χ1v) is 47.6. The standard InChI is InChI=1S/2C19H27Cl2NO3.C15H20Cl2O.C14H19Cl2NO.C14H15Cl2NO.C13H11Cl2NO.CH2Cl2.CH4/c2*1-17(2,3)25-16(23)22-12-19(9-5-8-18(4,24)11-19)13-6-7-14(20)15(21)10-13;1-3-15(8-4-7-14(2,18)10-15)11-5-6-12(16)13(17)9-11;2*1-13(18)5-2-6-14(8-13,9-17)10-3-4-11(15)12(16)7-10;14-11-4-3-9(6-12(11)15)13(8-16)5-1-2-10(17)7-13;2-1-3;/h2*6-7,10,24H,5,8-9,11-12H2,1-4H3,(H,22,23);5-6,9,18H,3-4,7-8,10H2,1-2H3;3-4,7,18H,2,5-6,8-9,17H2,1H3;3-4,7,18H,2,5-6,8H2,1H3;3-4,6H,1-2,5,7H2;1H2;1H4/t18-,19-;;14-,15-;;;;;/m1.0...../s1. The van der Waals surface area contributed by atoms with Crippen LogP contribution < -0.4 is 16.4 Å². The van der Waals surface area contributed by atoms with Crippen molar-refractivity contribution in [2.24, 2.45) is 5.73 Å². The zero-order valence-electron chi connectivity index (χ0n) is 72.9. The molecule has 12 rings (SSSR count). The highest BCUT2D eigenvalue weighted by Gasteiger charge is 2.48. The first-order chi connectivity index (χ1) is 57.5. The van der Waals surface area contributed by atoms with Crippen LogP contribution in [0.25, 0.3) is 0 Å². The van der Waals surface area contributed by atoms with Crippen LogP contribution in [0.4, 0.5) is 9.59 Å². The number of alkyl halides is 2. The first kappa shape index (κ1) is 112. The SMILES string of the molecule is C.CC(C)(C)OC(=O)NC[C@@]1(c2ccc(Cl)c(Cl)c2)CCC[C@@](C)(O)C1.CC1(O)CCCC(C#N)(c2ccc(Cl)c(Cl)c2)C1.CC1(O)CCCC(CN)(c2ccc(Cl)c(Cl)c2)C1.CC1(O)CCCC(CNC(=O)OC(C)(C)C)(c2ccc(Cl)c(Cl)c2)C1.CC[C@]1(c2ccc(Cl)c(Cl)c2)CCC[C@](C)(O)C1.ClCCl.N#CC1(c2ccc(Cl)c(Cl)c2)CCCC(=O)C1. The number of aliphatic hydroxyl groups is 5. The molecule has 0 radical (unpaired) electrons. The molecular formula is C96H125Cl14N5O10. The first-order valence-electron chi connectivity index (χ1n) is 41.9. The minimum Gasteiger partial charge on any atom is -0.444 e. The summed E-state index contributed by atoms with van der Waals surface area (Å²) < 4.78 is 10.7.